The number of ether oxygens (including phenoxy) is 2. The number of rotatable bonds is 6. The Morgan fingerprint density at radius 3 is 2.95 bits per heavy atom. The second-order valence-corrected chi connectivity index (χ2v) is 4.62. The van der Waals surface area contributed by atoms with Crippen LogP contribution in [-0.4, -0.2) is 25.3 Å². The second-order valence-electron chi connectivity index (χ2n) is 4.62. The molecule has 5 nitrogen and oxygen atoms in total. The summed E-state index contributed by atoms with van der Waals surface area (Å²) in [6, 6.07) is 5.90. The fourth-order valence-electron chi connectivity index (χ4n) is 1.78. The Labute approximate surface area is 113 Å². The minimum Gasteiger partial charge on any atom is -0.454 e. The number of fused-ring (bicyclic) bond motifs is 1. The second kappa shape index (κ2) is 6.31. The van der Waals surface area contributed by atoms with Crippen molar-refractivity contribution >= 4 is 11.6 Å². The SMILES string of the molecule is CCC(C)NC(=O)CCNc1ccc2c(c1)OCO2. The highest BCUT2D eigenvalue weighted by atomic mass is 16.7. The number of anilines is 1. The average molecular weight is 264 g/mol. The van der Waals surface area contributed by atoms with Crippen molar-refractivity contribution < 1.29 is 14.3 Å². The van der Waals surface area contributed by atoms with Crippen LogP contribution in [0.2, 0.25) is 0 Å². The van der Waals surface area contributed by atoms with Crippen molar-refractivity contribution in [3.05, 3.63) is 18.2 Å². The molecule has 1 aromatic rings. The first-order chi connectivity index (χ1) is 9.19. The summed E-state index contributed by atoms with van der Waals surface area (Å²) in [5.41, 5.74) is 0.931. The van der Waals surface area contributed by atoms with Gasteiger partial charge in [-0.05, 0) is 25.5 Å². The lowest BCUT2D eigenvalue weighted by Gasteiger charge is -2.12. The Hall–Kier alpha value is -1.91. The van der Waals surface area contributed by atoms with Gasteiger partial charge in [-0.1, -0.05) is 6.92 Å². The highest BCUT2D eigenvalue weighted by Gasteiger charge is 2.13. The van der Waals surface area contributed by atoms with Gasteiger partial charge in [0.2, 0.25) is 12.7 Å². The smallest absolute Gasteiger partial charge is 0.231 e. The van der Waals surface area contributed by atoms with E-state index in [2.05, 4.69) is 17.6 Å². The summed E-state index contributed by atoms with van der Waals surface area (Å²) in [6.07, 6.45) is 1.40. The minimum absolute atomic E-state index is 0.0718. The van der Waals surface area contributed by atoms with Crippen LogP contribution in [0.5, 0.6) is 11.5 Å². The van der Waals surface area contributed by atoms with Gasteiger partial charge in [0.1, 0.15) is 0 Å². The van der Waals surface area contributed by atoms with Gasteiger partial charge in [0.05, 0.1) is 0 Å². The van der Waals surface area contributed by atoms with E-state index in [1.165, 1.54) is 0 Å². The standard InChI is InChI=1S/C14H20N2O3/c1-3-10(2)16-14(17)6-7-15-11-4-5-12-13(8-11)19-9-18-12/h4-5,8,10,15H,3,6-7,9H2,1-2H3,(H,16,17). The molecular weight excluding hydrogens is 244 g/mol. The highest BCUT2D eigenvalue weighted by molar-refractivity contribution is 5.76. The first kappa shape index (κ1) is 13.5. The molecule has 0 radical (unpaired) electrons. The molecule has 2 rings (SSSR count). The molecule has 0 spiro atoms. The summed E-state index contributed by atoms with van der Waals surface area (Å²) in [7, 11) is 0. The molecule has 1 unspecified atom stereocenters. The third kappa shape index (κ3) is 3.77. The van der Waals surface area contributed by atoms with Crippen molar-refractivity contribution in [1.82, 2.24) is 5.32 Å². The normalized spacial score (nSPS) is 14.0. The monoisotopic (exact) mass is 264 g/mol. The fraction of sp³-hybridized carbons (Fsp3) is 0.500. The largest absolute Gasteiger partial charge is 0.454 e. The maximum atomic E-state index is 11.6. The number of carbonyl (C=O) groups excluding carboxylic acids is 1. The highest BCUT2D eigenvalue weighted by Crippen LogP contribution is 2.34. The Bertz CT molecular complexity index is 448. The van der Waals surface area contributed by atoms with Crippen molar-refractivity contribution in [2.45, 2.75) is 32.7 Å². The lowest BCUT2D eigenvalue weighted by molar-refractivity contribution is -0.121. The molecule has 1 aromatic carbocycles. The fourth-order valence-corrected chi connectivity index (χ4v) is 1.78. The summed E-state index contributed by atoms with van der Waals surface area (Å²) < 4.78 is 10.5. The quantitative estimate of drug-likeness (QED) is 0.826. The topological polar surface area (TPSA) is 59.6 Å². The zero-order chi connectivity index (χ0) is 13.7. The molecular formula is C14H20N2O3. The van der Waals surface area contributed by atoms with Gasteiger partial charge in [-0.3, -0.25) is 4.79 Å². The molecule has 19 heavy (non-hydrogen) atoms. The number of amides is 1. The van der Waals surface area contributed by atoms with Crippen LogP contribution in [0.15, 0.2) is 18.2 Å². The van der Waals surface area contributed by atoms with Crippen molar-refractivity contribution in [3.8, 4) is 11.5 Å². The van der Waals surface area contributed by atoms with Crippen LogP contribution < -0.4 is 20.1 Å². The van der Waals surface area contributed by atoms with Gasteiger partial charge in [0, 0.05) is 30.8 Å². The van der Waals surface area contributed by atoms with Crippen LogP contribution in [0.4, 0.5) is 5.69 Å². The predicted molar refractivity (Wildman–Crippen MR) is 73.6 cm³/mol. The summed E-state index contributed by atoms with van der Waals surface area (Å²) >= 11 is 0. The maximum Gasteiger partial charge on any atom is 0.231 e. The molecule has 5 heteroatoms. The number of hydrogen-bond acceptors (Lipinski definition) is 4. The van der Waals surface area contributed by atoms with E-state index in [4.69, 9.17) is 9.47 Å². The van der Waals surface area contributed by atoms with Gasteiger partial charge in [-0.15, -0.1) is 0 Å². The van der Waals surface area contributed by atoms with Gasteiger partial charge >= 0.3 is 0 Å². The molecule has 1 aliphatic rings. The van der Waals surface area contributed by atoms with E-state index in [1.54, 1.807) is 0 Å². The number of nitrogens with one attached hydrogen (secondary N) is 2. The van der Waals surface area contributed by atoms with Crippen LogP contribution >= 0.6 is 0 Å². The van der Waals surface area contributed by atoms with Crippen LogP contribution in [0.25, 0.3) is 0 Å². The number of benzene rings is 1. The molecule has 1 amide bonds. The average Bonchev–Trinajstić information content (AvgIpc) is 2.86. The molecule has 1 heterocycles. The number of hydrogen-bond donors (Lipinski definition) is 2. The van der Waals surface area contributed by atoms with Gasteiger partial charge in [-0.25, -0.2) is 0 Å². The Morgan fingerprint density at radius 2 is 2.16 bits per heavy atom. The van der Waals surface area contributed by atoms with E-state index in [0.29, 0.717) is 13.0 Å². The first-order valence-electron chi connectivity index (χ1n) is 6.62. The van der Waals surface area contributed by atoms with Gasteiger partial charge in [0.25, 0.3) is 0 Å². The maximum absolute atomic E-state index is 11.6. The summed E-state index contributed by atoms with van der Waals surface area (Å²) in [5.74, 6) is 1.58. The molecule has 1 aliphatic heterocycles. The lowest BCUT2D eigenvalue weighted by atomic mass is 10.2. The Balaban J connectivity index is 1.75. The van der Waals surface area contributed by atoms with Crippen LogP contribution in [-0.2, 0) is 4.79 Å². The summed E-state index contributed by atoms with van der Waals surface area (Å²) in [4.78, 5) is 11.6. The Kier molecular flexibility index (Phi) is 4.49. The van der Waals surface area contributed by atoms with Crippen LogP contribution in [0.1, 0.15) is 26.7 Å². The third-order valence-electron chi connectivity index (χ3n) is 3.07. The molecule has 0 fully saturated rings. The minimum atomic E-state index is 0.0718. The van der Waals surface area contributed by atoms with Crippen LogP contribution in [0, 0.1) is 0 Å². The molecule has 0 aliphatic carbocycles. The van der Waals surface area contributed by atoms with Gasteiger partial charge in [0.15, 0.2) is 11.5 Å². The van der Waals surface area contributed by atoms with Gasteiger partial charge in [-0.2, -0.15) is 0 Å². The molecule has 0 saturated carbocycles. The van der Waals surface area contributed by atoms with Crippen molar-refractivity contribution in [3.63, 3.8) is 0 Å². The van der Waals surface area contributed by atoms with Gasteiger partial charge < -0.3 is 20.1 Å². The van der Waals surface area contributed by atoms with E-state index in [1.807, 2.05) is 25.1 Å². The molecule has 0 bridgehead atoms. The molecule has 104 valence electrons. The first-order valence-corrected chi connectivity index (χ1v) is 6.62. The molecule has 1 atom stereocenters. The molecule has 0 saturated heterocycles. The molecule has 0 aromatic heterocycles. The number of carbonyl (C=O) groups is 1. The van der Waals surface area contributed by atoms with Crippen molar-refractivity contribution in [2.24, 2.45) is 0 Å². The summed E-state index contributed by atoms with van der Waals surface area (Å²) in [6.45, 7) is 4.93. The zero-order valence-corrected chi connectivity index (χ0v) is 11.4. The van der Waals surface area contributed by atoms with E-state index < -0.39 is 0 Å². The van der Waals surface area contributed by atoms with E-state index >= 15 is 0 Å². The van der Waals surface area contributed by atoms with E-state index in [-0.39, 0.29) is 18.7 Å². The Morgan fingerprint density at radius 1 is 1.37 bits per heavy atom. The van der Waals surface area contributed by atoms with Crippen LogP contribution in [0.3, 0.4) is 0 Å². The van der Waals surface area contributed by atoms with E-state index in [9.17, 15) is 4.79 Å². The third-order valence-corrected chi connectivity index (χ3v) is 3.07. The lowest BCUT2D eigenvalue weighted by Crippen LogP contribution is -2.32. The molecule has 2 N–H and O–H groups in total. The summed E-state index contributed by atoms with van der Waals surface area (Å²) in [5, 5.41) is 6.13. The zero-order valence-electron chi connectivity index (χ0n) is 11.4. The van der Waals surface area contributed by atoms with E-state index in [0.717, 1.165) is 23.6 Å². The predicted octanol–water partition coefficient (Wildman–Crippen LogP) is 2.13. The van der Waals surface area contributed by atoms with Crippen molar-refractivity contribution in [2.75, 3.05) is 18.7 Å². The van der Waals surface area contributed by atoms with Crippen molar-refractivity contribution in [1.29, 1.82) is 0 Å².